The van der Waals surface area contributed by atoms with E-state index in [-0.39, 0.29) is 0 Å². The van der Waals surface area contributed by atoms with Gasteiger partial charge in [-0.05, 0) is 29.3 Å². The van der Waals surface area contributed by atoms with Gasteiger partial charge in [0.1, 0.15) is 0 Å². The van der Waals surface area contributed by atoms with E-state index >= 15 is 0 Å². The molecule has 0 unspecified atom stereocenters. The van der Waals surface area contributed by atoms with Gasteiger partial charge >= 0.3 is 0 Å². The summed E-state index contributed by atoms with van der Waals surface area (Å²) in [6.45, 7) is 1.27. The predicted molar refractivity (Wildman–Crippen MR) is 94.3 cm³/mol. The van der Waals surface area contributed by atoms with Crippen LogP contribution in [0.15, 0.2) is 53.5 Å². The molecule has 2 aromatic rings. The van der Waals surface area contributed by atoms with Gasteiger partial charge in [0, 0.05) is 32.2 Å². The number of nitrogens with zero attached hydrogens (tertiary/aromatic N) is 3. The predicted octanol–water partition coefficient (Wildman–Crippen LogP) is 3.42. The van der Waals surface area contributed by atoms with Crippen molar-refractivity contribution in [2.75, 3.05) is 14.1 Å². The maximum Gasteiger partial charge on any atom is 0.193 e. The average molecular weight is 327 g/mol. The Labute approximate surface area is 142 Å². The Morgan fingerprint density at radius 1 is 1.26 bits per heavy atom. The standard InChI is InChI=1S/C18H19ClN4/c1-21-18(22-12-15-7-5-6-14(10-15)11-20)23(2)13-16-8-3-4-9-17(16)19/h3-10H,12-13H2,1-2H3,(H,21,22). The van der Waals surface area contributed by atoms with E-state index in [1.165, 1.54) is 0 Å². The number of benzene rings is 2. The lowest BCUT2D eigenvalue weighted by molar-refractivity contribution is 0.476. The van der Waals surface area contributed by atoms with Gasteiger partial charge in [-0.15, -0.1) is 0 Å². The molecular weight excluding hydrogens is 308 g/mol. The number of aliphatic imine (C=N–C) groups is 1. The second-order valence-corrected chi connectivity index (χ2v) is 5.57. The SMILES string of the molecule is CN=C(NCc1cccc(C#N)c1)N(C)Cc1ccccc1Cl. The number of nitriles is 1. The van der Waals surface area contributed by atoms with Crippen molar-refractivity contribution in [3.63, 3.8) is 0 Å². The van der Waals surface area contributed by atoms with Gasteiger partial charge in [0.25, 0.3) is 0 Å². The van der Waals surface area contributed by atoms with Crippen LogP contribution in [0.25, 0.3) is 0 Å². The lowest BCUT2D eigenvalue weighted by Crippen LogP contribution is -2.38. The summed E-state index contributed by atoms with van der Waals surface area (Å²) < 4.78 is 0. The van der Waals surface area contributed by atoms with Crippen molar-refractivity contribution in [2.45, 2.75) is 13.1 Å². The first-order chi connectivity index (χ1) is 11.1. The monoisotopic (exact) mass is 326 g/mol. The highest BCUT2D eigenvalue weighted by Crippen LogP contribution is 2.16. The summed E-state index contributed by atoms with van der Waals surface area (Å²) in [6, 6.07) is 17.4. The van der Waals surface area contributed by atoms with Crippen molar-refractivity contribution < 1.29 is 0 Å². The molecule has 4 nitrogen and oxygen atoms in total. The van der Waals surface area contributed by atoms with Gasteiger partial charge in [0.05, 0.1) is 11.6 Å². The first-order valence-corrected chi connectivity index (χ1v) is 7.66. The molecule has 0 aliphatic heterocycles. The van der Waals surface area contributed by atoms with E-state index in [1.54, 1.807) is 13.1 Å². The number of halogens is 1. The van der Waals surface area contributed by atoms with Crippen LogP contribution in [0, 0.1) is 11.3 Å². The molecule has 0 saturated carbocycles. The summed E-state index contributed by atoms with van der Waals surface area (Å²) in [4.78, 5) is 6.30. The van der Waals surface area contributed by atoms with E-state index in [9.17, 15) is 0 Å². The summed E-state index contributed by atoms with van der Waals surface area (Å²) in [5, 5.41) is 13.0. The Morgan fingerprint density at radius 3 is 2.74 bits per heavy atom. The molecule has 0 atom stereocenters. The Hall–Kier alpha value is -2.51. The lowest BCUT2D eigenvalue weighted by atomic mass is 10.1. The zero-order valence-electron chi connectivity index (χ0n) is 13.3. The second kappa shape index (κ2) is 8.21. The minimum absolute atomic E-state index is 0.606. The quantitative estimate of drug-likeness (QED) is 0.692. The van der Waals surface area contributed by atoms with Crippen LogP contribution in [0.2, 0.25) is 5.02 Å². The van der Waals surface area contributed by atoms with Gasteiger partial charge in [0.15, 0.2) is 5.96 Å². The van der Waals surface area contributed by atoms with E-state index in [2.05, 4.69) is 16.4 Å². The van der Waals surface area contributed by atoms with Crippen LogP contribution in [0.1, 0.15) is 16.7 Å². The highest BCUT2D eigenvalue weighted by molar-refractivity contribution is 6.31. The van der Waals surface area contributed by atoms with E-state index in [4.69, 9.17) is 16.9 Å². The molecule has 118 valence electrons. The van der Waals surface area contributed by atoms with Gasteiger partial charge in [-0.25, -0.2) is 0 Å². The van der Waals surface area contributed by atoms with E-state index in [1.807, 2.05) is 54.4 Å². The molecular formula is C18H19ClN4. The van der Waals surface area contributed by atoms with Crippen molar-refractivity contribution in [1.82, 2.24) is 10.2 Å². The third kappa shape index (κ3) is 4.73. The summed E-state index contributed by atoms with van der Waals surface area (Å²) in [5.41, 5.74) is 2.74. The molecule has 2 aromatic carbocycles. The zero-order chi connectivity index (χ0) is 16.7. The van der Waals surface area contributed by atoms with Crippen LogP contribution < -0.4 is 5.32 Å². The third-order valence-electron chi connectivity index (χ3n) is 3.45. The molecule has 0 bridgehead atoms. The molecule has 23 heavy (non-hydrogen) atoms. The highest BCUT2D eigenvalue weighted by atomic mass is 35.5. The van der Waals surface area contributed by atoms with Crippen molar-refractivity contribution in [3.05, 3.63) is 70.2 Å². The van der Waals surface area contributed by atoms with E-state index in [0.29, 0.717) is 18.7 Å². The van der Waals surface area contributed by atoms with E-state index in [0.717, 1.165) is 22.1 Å². The van der Waals surface area contributed by atoms with Gasteiger partial charge in [-0.3, -0.25) is 4.99 Å². The summed E-state index contributed by atoms with van der Waals surface area (Å²) in [7, 11) is 3.71. The summed E-state index contributed by atoms with van der Waals surface area (Å²) in [6.07, 6.45) is 0. The molecule has 1 N–H and O–H groups in total. The van der Waals surface area contributed by atoms with E-state index < -0.39 is 0 Å². The Balaban J connectivity index is 2.00. The number of nitrogens with one attached hydrogen (secondary N) is 1. The minimum atomic E-state index is 0.606. The molecule has 2 rings (SSSR count). The van der Waals surface area contributed by atoms with Crippen LogP contribution in [0.4, 0.5) is 0 Å². The maximum absolute atomic E-state index is 8.95. The van der Waals surface area contributed by atoms with Crippen molar-refractivity contribution >= 4 is 17.6 Å². The molecule has 0 saturated heterocycles. The van der Waals surface area contributed by atoms with Crippen molar-refractivity contribution in [2.24, 2.45) is 4.99 Å². The third-order valence-corrected chi connectivity index (χ3v) is 3.81. The molecule has 0 amide bonds. The van der Waals surface area contributed by atoms with Gasteiger partial charge in [-0.1, -0.05) is 41.9 Å². The largest absolute Gasteiger partial charge is 0.352 e. The number of guanidine groups is 1. The van der Waals surface area contributed by atoms with Crippen molar-refractivity contribution in [1.29, 1.82) is 5.26 Å². The van der Waals surface area contributed by atoms with Gasteiger partial charge in [-0.2, -0.15) is 5.26 Å². The fourth-order valence-electron chi connectivity index (χ4n) is 2.27. The second-order valence-electron chi connectivity index (χ2n) is 5.16. The molecule has 0 aromatic heterocycles. The topological polar surface area (TPSA) is 51.4 Å². The Bertz CT molecular complexity index is 734. The lowest BCUT2D eigenvalue weighted by Gasteiger charge is -2.22. The van der Waals surface area contributed by atoms with Gasteiger partial charge in [0.2, 0.25) is 0 Å². The minimum Gasteiger partial charge on any atom is -0.352 e. The fraction of sp³-hybridized carbons (Fsp3) is 0.222. The average Bonchev–Trinajstić information content (AvgIpc) is 2.57. The zero-order valence-corrected chi connectivity index (χ0v) is 14.0. The van der Waals surface area contributed by atoms with Crippen LogP contribution in [-0.2, 0) is 13.1 Å². The van der Waals surface area contributed by atoms with Crippen molar-refractivity contribution in [3.8, 4) is 6.07 Å². The molecule has 0 aliphatic rings. The molecule has 5 heteroatoms. The molecule has 0 spiro atoms. The van der Waals surface area contributed by atoms with Crippen LogP contribution in [0.3, 0.4) is 0 Å². The molecule has 0 radical (unpaired) electrons. The van der Waals surface area contributed by atoms with Crippen LogP contribution in [-0.4, -0.2) is 25.0 Å². The molecule has 0 fully saturated rings. The molecule has 0 aliphatic carbocycles. The first kappa shape index (κ1) is 16.9. The maximum atomic E-state index is 8.95. The molecule has 0 heterocycles. The summed E-state index contributed by atoms with van der Waals surface area (Å²) in [5.74, 6) is 0.771. The van der Waals surface area contributed by atoms with Gasteiger partial charge < -0.3 is 10.2 Å². The van der Waals surface area contributed by atoms with Crippen LogP contribution >= 0.6 is 11.6 Å². The Morgan fingerprint density at radius 2 is 2.04 bits per heavy atom. The summed E-state index contributed by atoms with van der Waals surface area (Å²) >= 11 is 6.20. The highest BCUT2D eigenvalue weighted by Gasteiger charge is 2.08. The first-order valence-electron chi connectivity index (χ1n) is 7.28. The number of rotatable bonds is 4. The normalized spacial score (nSPS) is 11.0. The smallest absolute Gasteiger partial charge is 0.193 e. The van der Waals surface area contributed by atoms with Crippen LogP contribution in [0.5, 0.6) is 0 Å². The Kier molecular flexibility index (Phi) is 6.02. The fourth-order valence-corrected chi connectivity index (χ4v) is 2.47. The number of hydrogen-bond donors (Lipinski definition) is 1. The number of hydrogen-bond acceptors (Lipinski definition) is 2.